The van der Waals surface area contributed by atoms with Crippen molar-refractivity contribution in [1.82, 2.24) is 9.55 Å². The van der Waals surface area contributed by atoms with Crippen LogP contribution in [0.2, 0.25) is 5.02 Å². The Bertz CT molecular complexity index is 505. The second-order valence-corrected chi connectivity index (χ2v) is 3.62. The molecule has 0 fully saturated rings. The number of carbonyl (C=O) groups is 1. The third-order valence-corrected chi connectivity index (χ3v) is 2.32. The summed E-state index contributed by atoms with van der Waals surface area (Å²) in [7, 11) is 0. The molecule has 76 valence electrons. The second-order valence-electron chi connectivity index (χ2n) is 3.18. The van der Waals surface area contributed by atoms with Gasteiger partial charge in [0.15, 0.2) is 5.78 Å². The fourth-order valence-electron chi connectivity index (χ4n) is 1.39. The lowest BCUT2D eigenvalue weighted by Crippen LogP contribution is -2.02. The van der Waals surface area contributed by atoms with E-state index in [1.165, 1.54) is 6.92 Å². The molecular formula is C11H9ClN2O. The molecule has 0 unspecified atom stereocenters. The summed E-state index contributed by atoms with van der Waals surface area (Å²) in [6.45, 7) is 1.51. The van der Waals surface area contributed by atoms with Crippen LogP contribution in [0.1, 0.15) is 17.4 Å². The predicted molar refractivity (Wildman–Crippen MR) is 58.6 cm³/mol. The van der Waals surface area contributed by atoms with Gasteiger partial charge >= 0.3 is 0 Å². The summed E-state index contributed by atoms with van der Waals surface area (Å²) in [5.74, 6) is -0.0209. The van der Waals surface area contributed by atoms with Gasteiger partial charge in [-0.05, 0) is 18.2 Å². The third kappa shape index (κ3) is 1.92. The standard InChI is InChI=1S/C11H9ClN2O/c1-8(15)11-6-13-7-14(11)10-4-2-3-9(12)5-10/h2-7H,1H3. The van der Waals surface area contributed by atoms with Gasteiger partial charge in [0.1, 0.15) is 5.69 Å². The van der Waals surface area contributed by atoms with Gasteiger partial charge in [0.05, 0.1) is 12.5 Å². The second kappa shape index (κ2) is 3.87. The maximum absolute atomic E-state index is 11.3. The zero-order valence-electron chi connectivity index (χ0n) is 8.14. The molecule has 0 aliphatic carbocycles. The molecule has 0 saturated carbocycles. The van der Waals surface area contributed by atoms with E-state index in [-0.39, 0.29) is 5.78 Å². The van der Waals surface area contributed by atoms with Crippen molar-refractivity contribution in [2.75, 3.05) is 0 Å². The number of Topliss-reactive ketones (excluding diaryl/α,β-unsaturated/α-hetero) is 1. The zero-order valence-corrected chi connectivity index (χ0v) is 8.90. The fourth-order valence-corrected chi connectivity index (χ4v) is 1.57. The molecule has 0 saturated heterocycles. The van der Waals surface area contributed by atoms with Gasteiger partial charge < -0.3 is 0 Å². The number of rotatable bonds is 2. The molecule has 1 aromatic heterocycles. The zero-order chi connectivity index (χ0) is 10.8. The third-order valence-electron chi connectivity index (χ3n) is 2.09. The van der Waals surface area contributed by atoms with Crippen LogP contribution in [0.5, 0.6) is 0 Å². The highest BCUT2D eigenvalue weighted by atomic mass is 35.5. The molecule has 0 aliphatic heterocycles. The molecule has 1 heterocycles. The molecule has 1 aromatic carbocycles. The first kappa shape index (κ1) is 9.93. The van der Waals surface area contributed by atoms with Crippen molar-refractivity contribution < 1.29 is 4.79 Å². The van der Waals surface area contributed by atoms with Gasteiger partial charge in [-0.25, -0.2) is 4.98 Å². The van der Waals surface area contributed by atoms with Crippen molar-refractivity contribution in [2.45, 2.75) is 6.92 Å². The molecule has 0 amide bonds. The molecule has 0 radical (unpaired) electrons. The first-order valence-electron chi connectivity index (χ1n) is 4.47. The van der Waals surface area contributed by atoms with E-state index in [1.54, 1.807) is 29.2 Å². The van der Waals surface area contributed by atoms with Crippen LogP contribution in [-0.4, -0.2) is 15.3 Å². The van der Waals surface area contributed by atoms with Crippen LogP contribution >= 0.6 is 11.6 Å². The molecule has 0 aliphatic rings. The number of halogens is 1. The highest BCUT2D eigenvalue weighted by Gasteiger charge is 2.08. The molecule has 15 heavy (non-hydrogen) atoms. The first-order chi connectivity index (χ1) is 7.18. The molecule has 0 N–H and O–H groups in total. The van der Waals surface area contributed by atoms with Crippen LogP contribution in [0.3, 0.4) is 0 Å². The SMILES string of the molecule is CC(=O)c1cncn1-c1cccc(Cl)c1. The molecule has 0 spiro atoms. The maximum Gasteiger partial charge on any atom is 0.178 e. The molecule has 0 bridgehead atoms. The summed E-state index contributed by atoms with van der Waals surface area (Å²) >= 11 is 5.88. The minimum atomic E-state index is -0.0209. The van der Waals surface area contributed by atoms with Gasteiger partial charge in [-0.15, -0.1) is 0 Å². The van der Waals surface area contributed by atoms with Crippen molar-refractivity contribution in [3.8, 4) is 5.69 Å². The number of benzene rings is 1. The number of imidazole rings is 1. The fraction of sp³-hybridized carbons (Fsp3) is 0.0909. The van der Waals surface area contributed by atoms with Crippen molar-refractivity contribution in [3.05, 3.63) is 47.5 Å². The largest absolute Gasteiger partial charge is 0.296 e. The van der Waals surface area contributed by atoms with E-state index in [4.69, 9.17) is 11.6 Å². The predicted octanol–water partition coefficient (Wildman–Crippen LogP) is 2.73. The van der Waals surface area contributed by atoms with Gasteiger partial charge in [-0.3, -0.25) is 9.36 Å². The number of hydrogen-bond donors (Lipinski definition) is 0. The van der Waals surface area contributed by atoms with E-state index >= 15 is 0 Å². The normalized spacial score (nSPS) is 10.3. The number of ketones is 1. The van der Waals surface area contributed by atoms with E-state index in [9.17, 15) is 4.79 Å². The highest BCUT2D eigenvalue weighted by Crippen LogP contribution is 2.16. The number of hydrogen-bond acceptors (Lipinski definition) is 2. The summed E-state index contributed by atoms with van der Waals surface area (Å²) in [4.78, 5) is 15.2. The molecule has 2 rings (SSSR count). The van der Waals surface area contributed by atoms with Crippen molar-refractivity contribution >= 4 is 17.4 Å². The Hall–Kier alpha value is -1.61. The van der Waals surface area contributed by atoms with Crippen LogP contribution in [0.4, 0.5) is 0 Å². The molecule has 3 nitrogen and oxygen atoms in total. The van der Waals surface area contributed by atoms with Crippen LogP contribution in [0.15, 0.2) is 36.8 Å². The van der Waals surface area contributed by atoms with Gasteiger partial charge in [0, 0.05) is 17.6 Å². The van der Waals surface area contributed by atoms with Crippen LogP contribution in [-0.2, 0) is 0 Å². The molecule has 4 heteroatoms. The van der Waals surface area contributed by atoms with Crippen molar-refractivity contribution in [2.24, 2.45) is 0 Å². The monoisotopic (exact) mass is 220 g/mol. The lowest BCUT2D eigenvalue weighted by Gasteiger charge is -2.05. The van der Waals surface area contributed by atoms with E-state index in [0.29, 0.717) is 10.7 Å². The summed E-state index contributed by atoms with van der Waals surface area (Å²) in [6.07, 6.45) is 3.14. The van der Waals surface area contributed by atoms with E-state index in [0.717, 1.165) is 5.69 Å². The maximum atomic E-state index is 11.3. The minimum absolute atomic E-state index is 0.0209. The van der Waals surface area contributed by atoms with Gasteiger partial charge in [-0.1, -0.05) is 17.7 Å². The van der Waals surface area contributed by atoms with Crippen LogP contribution in [0.25, 0.3) is 5.69 Å². The average molecular weight is 221 g/mol. The van der Waals surface area contributed by atoms with Crippen LogP contribution in [0, 0.1) is 0 Å². The first-order valence-corrected chi connectivity index (χ1v) is 4.85. The van der Waals surface area contributed by atoms with E-state index < -0.39 is 0 Å². The Balaban J connectivity index is 2.54. The summed E-state index contributed by atoms with van der Waals surface area (Å²) < 4.78 is 1.72. The Morgan fingerprint density at radius 1 is 1.47 bits per heavy atom. The summed E-state index contributed by atoms with van der Waals surface area (Å²) in [6, 6.07) is 7.28. The number of carbonyl (C=O) groups excluding carboxylic acids is 1. The molecule has 0 atom stereocenters. The number of aromatic nitrogens is 2. The van der Waals surface area contributed by atoms with Gasteiger partial charge in [0.2, 0.25) is 0 Å². The van der Waals surface area contributed by atoms with Gasteiger partial charge in [0.25, 0.3) is 0 Å². The lowest BCUT2D eigenvalue weighted by molar-refractivity contribution is 0.101. The Labute approximate surface area is 92.3 Å². The Morgan fingerprint density at radius 2 is 2.27 bits per heavy atom. The smallest absolute Gasteiger partial charge is 0.178 e. The topological polar surface area (TPSA) is 34.9 Å². The summed E-state index contributed by atoms with van der Waals surface area (Å²) in [5, 5.41) is 0.635. The lowest BCUT2D eigenvalue weighted by atomic mass is 10.3. The van der Waals surface area contributed by atoms with Crippen molar-refractivity contribution in [1.29, 1.82) is 0 Å². The number of nitrogens with zero attached hydrogens (tertiary/aromatic N) is 2. The van der Waals surface area contributed by atoms with Crippen LogP contribution < -0.4 is 0 Å². The Morgan fingerprint density at radius 3 is 2.93 bits per heavy atom. The molecular weight excluding hydrogens is 212 g/mol. The average Bonchev–Trinajstić information content (AvgIpc) is 2.65. The van der Waals surface area contributed by atoms with Crippen molar-refractivity contribution in [3.63, 3.8) is 0 Å². The highest BCUT2D eigenvalue weighted by molar-refractivity contribution is 6.30. The quantitative estimate of drug-likeness (QED) is 0.730. The minimum Gasteiger partial charge on any atom is -0.296 e. The molecule has 2 aromatic rings. The Kier molecular flexibility index (Phi) is 2.56. The van der Waals surface area contributed by atoms with Gasteiger partial charge in [-0.2, -0.15) is 0 Å². The van der Waals surface area contributed by atoms with E-state index in [1.807, 2.05) is 12.1 Å². The summed E-state index contributed by atoms with van der Waals surface area (Å²) in [5.41, 5.74) is 1.39. The van der Waals surface area contributed by atoms with E-state index in [2.05, 4.69) is 4.98 Å².